The van der Waals surface area contributed by atoms with Gasteiger partial charge < -0.3 is 20.3 Å². The number of nitrogens with one attached hydrogen (secondary N) is 1. The Morgan fingerprint density at radius 1 is 1.30 bits per heavy atom. The number of benzene rings is 1. The topological polar surface area (TPSA) is 103 Å². The monoisotopic (exact) mass is 368 g/mol. The number of carbonyl (C=O) groups excluding carboxylic acids is 1. The summed E-state index contributed by atoms with van der Waals surface area (Å²) in [5.74, 6) is 2.11. The standard InChI is InChI=1S/C20H24N4O3/c21-11-20-8-14(10-26-20)15(9-20)19-23-17(24-27-19)16(12-6-7-12)22-18(25)13-4-2-1-3-5-13/h1-5,12,14-16H,6-11,21H2,(H,22,25)/t14-,15+,16?,20+/m1/s1. The number of nitrogens with two attached hydrogens (primary N) is 1. The number of aromatic nitrogens is 2. The van der Waals surface area contributed by atoms with Crippen molar-refractivity contribution in [3.63, 3.8) is 0 Å². The Balaban J connectivity index is 1.34. The molecule has 2 bridgehead atoms. The molecule has 2 heterocycles. The van der Waals surface area contributed by atoms with Crippen LogP contribution < -0.4 is 11.1 Å². The molecular weight excluding hydrogens is 344 g/mol. The third-order valence-electron chi connectivity index (χ3n) is 6.24. The van der Waals surface area contributed by atoms with Gasteiger partial charge in [-0.1, -0.05) is 23.4 Å². The van der Waals surface area contributed by atoms with Crippen LogP contribution in [0.4, 0.5) is 0 Å². The molecule has 3 fully saturated rings. The summed E-state index contributed by atoms with van der Waals surface area (Å²) < 4.78 is 11.5. The molecule has 1 aliphatic heterocycles. The fraction of sp³-hybridized carbons (Fsp3) is 0.550. The Morgan fingerprint density at radius 2 is 2.11 bits per heavy atom. The Kier molecular flexibility index (Phi) is 4.02. The van der Waals surface area contributed by atoms with E-state index in [0.29, 0.717) is 42.3 Å². The van der Waals surface area contributed by atoms with E-state index < -0.39 is 0 Å². The third kappa shape index (κ3) is 3.04. The first-order chi connectivity index (χ1) is 13.2. The maximum absolute atomic E-state index is 12.6. The molecule has 4 atom stereocenters. The smallest absolute Gasteiger partial charge is 0.251 e. The summed E-state index contributed by atoms with van der Waals surface area (Å²) in [6, 6.07) is 9.03. The number of hydrogen-bond donors (Lipinski definition) is 2. The van der Waals surface area contributed by atoms with Gasteiger partial charge in [0.1, 0.15) is 0 Å². The average Bonchev–Trinajstić information content (AvgIpc) is 3.15. The van der Waals surface area contributed by atoms with Crippen LogP contribution in [0.5, 0.6) is 0 Å². The van der Waals surface area contributed by atoms with Gasteiger partial charge in [-0.2, -0.15) is 4.98 Å². The Bertz CT molecular complexity index is 835. The lowest BCUT2D eigenvalue weighted by molar-refractivity contribution is -0.0192. The summed E-state index contributed by atoms with van der Waals surface area (Å²) in [6.07, 6.45) is 3.93. The second-order valence-corrected chi connectivity index (χ2v) is 8.12. The van der Waals surface area contributed by atoms with E-state index in [-0.39, 0.29) is 23.5 Å². The van der Waals surface area contributed by atoms with Gasteiger partial charge in [-0.25, -0.2) is 0 Å². The maximum atomic E-state index is 12.6. The molecule has 27 heavy (non-hydrogen) atoms. The van der Waals surface area contributed by atoms with Crippen molar-refractivity contribution in [2.24, 2.45) is 17.6 Å². The average molecular weight is 368 g/mol. The number of hydrogen-bond acceptors (Lipinski definition) is 6. The normalized spacial score (nSPS) is 30.4. The Hall–Kier alpha value is -2.25. The highest BCUT2D eigenvalue weighted by Crippen LogP contribution is 2.52. The van der Waals surface area contributed by atoms with Crippen molar-refractivity contribution in [3.8, 4) is 0 Å². The predicted molar refractivity (Wildman–Crippen MR) is 96.9 cm³/mol. The summed E-state index contributed by atoms with van der Waals surface area (Å²) in [5, 5.41) is 7.33. The number of ether oxygens (including phenoxy) is 1. The molecule has 1 saturated heterocycles. The largest absolute Gasteiger partial charge is 0.373 e. The van der Waals surface area contributed by atoms with Crippen molar-refractivity contribution in [2.75, 3.05) is 13.2 Å². The molecule has 3 aliphatic rings. The van der Waals surface area contributed by atoms with Crippen LogP contribution in [0, 0.1) is 11.8 Å². The number of rotatable bonds is 6. The van der Waals surface area contributed by atoms with Crippen LogP contribution in [0.2, 0.25) is 0 Å². The molecule has 7 heteroatoms. The minimum absolute atomic E-state index is 0.103. The van der Waals surface area contributed by atoms with E-state index in [1.165, 1.54) is 0 Å². The molecule has 1 unspecified atom stereocenters. The molecule has 0 spiro atoms. The Labute approximate surface area is 157 Å². The van der Waals surface area contributed by atoms with Crippen LogP contribution in [-0.2, 0) is 4.74 Å². The minimum Gasteiger partial charge on any atom is -0.373 e. The number of amides is 1. The van der Waals surface area contributed by atoms with Gasteiger partial charge in [0.25, 0.3) is 5.91 Å². The van der Waals surface area contributed by atoms with E-state index >= 15 is 0 Å². The van der Waals surface area contributed by atoms with Crippen molar-refractivity contribution in [1.29, 1.82) is 0 Å². The second kappa shape index (κ2) is 6.42. The highest BCUT2D eigenvalue weighted by molar-refractivity contribution is 5.94. The molecule has 2 saturated carbocycles. The molecule has 1 amide bonds. The number of nitrogens with zero attached hydrogens (tertiary/aromatic N) is 2. The highest BCUT2D eigenvalue weighted by Gasteiger charge is 2.53. The zero-order chi connectivity index (χ0) is 18.4. The summed E-state index contributed by atoms with van der Waals surface area (Å²) >= 11 is 0. The first-order valence-electron chi connectivity index (χ1n) is 9.71. The fourth-order valence-electron chi connectivity index (χ4n) is 4.52. The van der Waals surface area contributed by atoms with Gasteiger partial charge >= 0.3 is 0 Å². The summed E-state index contributed by atoms with van der Waals surface area (Å²) in [4.78, 5) is 17.3. The predicted octanol–water partition coefficient (Wildman–Crippen LogP) is 2.17. The zero-order valence-corrected chi connectivity index (χ0v) is 15.1. The van der Waals surface area contributed by atoms with Gasteiger partial charge in [-0.05, 0) is 49.7 Å². The van der Waals surface area contributed by atoms with Gasteiger partial charge in [-0.15, -0.1) is 0 Å². The van der Waals surface area contributed by atoms with E-state index in [1.807, 2.05) is 30.3 Å². The van der Waals surface area contributed by atoms with E-state index in [1.54, 1.807) is 0 Å². The first kappa shape index (κ1) is 16.9. The van der Waals surface area contributed by atoms with Gasteiger partial charge in [0.05, 0.1) is 18.2 Å². The first-order valence-corrected chi connectivity index (χ1v) is 9.71. The van der Waals surface area contributed by atoms with E-state index in [4.69, 9.17) is 20.0 Å². The van der Waals surface area contributed by atoms with Crippen LogP contribution in [0.3, 0.4) is 0 Å². The summed E-state index contributed by atoms with van der Waals surface area (Å²) in [7, 11) is 0. The molecule has 3 N–H and O–H groups in total. The maximum Gasteiger partial charge on any atom is 0.251 e. The minimum atomic E-state index is -0.221. The van der Waals surface area contributed by atoms with Crippen LogP contribution in [0.15, 0.2) is 34.9 Å². The fourth-order valence-corrected chi connectivity index (χ4v) is 4.52. The third-order valence-corrected chi connectivity index (χ3v) is 6.24. The van der Waals surface area contributed by atoms with E-state index in [9.17, 15) is 4.79 Å². The quantitative estimate of drug-likeness (QED) is 0.810. The van der Waals surface area contributed by atoms with Crippen molar-refractivity contribution < 1.29 is 14.1 Å². The highest BCUT2D eigenvalue weighted by atomic mass is 16.5. The lowest BCUT2D eigenvalue weighted by Gasteiger charge is -2.27. The lowest BCUT2D eigenvalue weighted by atomic mass is 9.95. The summed E-state index contributed by atoms with van der Waals surface area (Å²) in [5.41, 5.74) is 6.34. The zero-order valence-electron chi connectivity index (χ0n) is 15.1. The molecular formula is C20H24N4O3. The molecule has 2 aliphatic carbocycles. The molecule has 2 aromatic rings. The molecule has 1 aromatic heterocycles. The van der Waals surface area contributed by atoms with Crippen LogP contribution in [0.1, 0.15) is 59.7 Å². The van der Waals surface area contributed by atoms with Gasteiger partial charge in [0, 0.05) is 18.0 Å². The van der Waals surface area contributed by atoms with E-state index in [2.05, 4.69) is 10.5 Å². The van der Waals surface area contributed by atoms with Gasteiger partial charge in [0.15, 0.2) is 5.82 Å². The molecule has 5 rings (SSSR count). The van der Waals surface area contributed by atoms with Crippen molar-refractivity contribution in [3.05, 3.63) is 47.6 Å². The molecule has 142 valence electrons. The van der Waals surface area contributed by atoms with Gasteiger partial charge in [-0.3, -0.25) is 4.79 Å². The Morgan fingerprint density at radius 3 is 2.81 bits per heavy atom. The van der Waals surface area contributed by atoms with Crippen LogP contribution >= 0.6 is 0 Å². The van der Waals surface area contributed by atoms with Crippen molar-refractivity contribution >= 4 is 5.91 Å². The van der Waals surface area contributed by atoms with Gasteiger partial charge in [0.2, 0.25) is 5.89 Å². The van der Waals surface area contributed by atoms with Crippen molar-refractivity contribution in [1.82, 2.24) is 15.5 Å². The molecule has 0 radical (unpaired) electrons. The number of carbonyl (C=O) groups is 1. The van der Waals surface area contributed by atoms with E-state index in [0.717, 1.165) is 25.7 Å². The van der Waals surface area contributed by atoms with Crippen LogP contribution in [0.25, 0.3) is 0 Å². The lowest BCUT2D eigenvalue weighted by Crippen LogP contribution is -2.37. The summed E-state index contributed by atoms with van der Waals surface area (Å²) in [6.45, 7) is 1.23. The van der Waals surface area contributed by atoms with Crippen molar-refractivity contribution in [2.45, 2.75) is 43.2 Å². The second-order valence-electron chi connectivity index (χ2n) is 8.12. The number of fused-ring (bicyclic) bond motifs is 2. The van der Waals surface area contributed by atoms with Crippen LogP contribution in [-0.4, -0.2) is 34.8 Å². The molecule has 7 nitrogen and oxygen atoms in total. The SMILES string of the molecule is NC[C@@]12C[C@H](CO1)[C@@H](c1nc(C(NC(=O)c3ccccc3)C3CC3)no1)C2. The molecule has 1 aromatic carbocycles.